The molecule has 17 heavy (non-hydrogen) atoms. The van der Waals surface area contributed by atoms with E-state index in [1.165, 1.54) is 11.6 Å². The van der Waals surface area contributed by atoms with Gasteiger partial charge in [0, 0.05) is 7.05 Å². The molecular formula is C11H10N2O4. The normalized spacial score (nSPS) is 10.6. The number of aliphatic carboxylic acids is 1. The van der Waals surface area contributed by atoms with Crippen LogP contribution in [0.5, 0.6) is 0 Å². The lowest BCUT2D eigenvalue weighted by Gasteiger charge is -2.10. The lowest BCUT2D eigenvalue weighted by atomic mass is 10.3. The maximum absolute atomic E-state index is 11.7. The molecule has 0 fully saturated rings. The minimum absolute atomic E-state index is 0.432. The number of para-hydroxylation sites is 2. The van der Waals surface area contributed by atoms with E-state index in [1.54, 1.807) is 24.3 Å². The van der Waals surface area contributed by atoms with Crippen LogP contribution in [-0.4, -0.2) is 20.2 Å². The van der Waals surface area contributed by atoms with Crippen LogP contribution in [0.15, 0.2) is 33.9 Å². The molecular weight excluding hydrogens is 224 g/mol. The molecule has 0 bridgehead atoms. The quantitative estimate of drug-likeness (QED) is 0.729. The number of rotatable bonds is 2. The summed E-state index contributed by atoms with van der Waals surface area (Å²) in [4.78, 5) is 34.0. The van der Waals surface area contributed by atoms with Gasteiger partial charge in [0.25, 0.3) is 0 Å². The van der Waals surface area contributed by atoms with Gasteiger partial charge >= 0.3 is 17.1 Å². The zero-order valence-corrected chi connectivity index (χ0v) is 9.08. The smallest absolute Gasteiger partial charge is 0.323 e. The van der Waals surface area contributed by atoms with Crippen molar-refractivity contribution in [3.05, 3.63) is 45.0 Å². The van der Waals surface area contributed by atoms with Gasteiger partial charge in [-0.25, -0.2) is 0 Å². The summed E-state index contributed by atoms with van der Waals surface area (Å²) in [6, 6.07) is 6.68. The van der Waals surface area contributed by atoms with Crippen LogP contribution in [0.4, 0.5) is 0 Å². The van der Waals surface area contributed by atoms with Crippen molar-refractivity contribution in [1.82, 2.24) is 9.13 Å². The second-order valence-electron chi connectivity index (χ2n) is 3.64. The molecule has 6 heteroatoms. The molecule has 1 aromatic carbocycles. The number of hydrogen-bond donors (Lipinski definition) is 1. The Morgan fingerprint density at radius 1 is 1.18 bits per heavy atom. The largest absolute Gasteiger partial charge is 0.480 e. The van der Waals surface area contributed by atoms with Crippen LogP contribution in [0.2, 0.25) is 0 Å². The fourth-order valence-corrected chi connectivity index (χ4v) is 1.75. The van der Waals surface area contributed by atoms with Crippen LogP contribution >= 0.6 is 0 Å². The number of fused-ring (bicyclic) bond motifs is 1. The van der Waals surface area contributed by atoms with E-state index in [2.05, 4.69) is 0 Å². The van der Waals surface area contributed by atoms with Gasteiger partial charge in [0.2, 0.25) is 0 Å². The molecule has 0 aliphatic rings. The number of hydrogen-bond acceptors (Lipinski definition) is 3. The Kier molecular flexibility index (Phi) is 2.55. The Labute approximate surface area is 95.3 Å². The maximum Gasteiger partial charge on any atom is 0.323 e. The third kappa shape index (κ3) is 1.73. The van der Waals surface area contributed by atoms with Crippen LogP contribution in [0.3, 0.4) is 0 Å². The van der Waals surface area contributed by atoms with E-state index in [1.807, 2.05) is 0 Å². The van der Waals surface area contributed by atoms with Crippen LogP contribution in [0, 0.1) is 0 Å². The highest BCUT2D eigenvalue weighted by molar-refractivity contribution is 5.77. The SMILES string of the molecule is Cn1c(=O)c(=O)n(CC(=O)O)c2ccccc21. The van der Waals surface area contributed by atoms with Crippen molar-refractivity contribution in [2.24, 2.45) is 7.05 Å². The van der Waals surface area contributed by atoms with E-state index in [0.717, 1.165) is 4.57 Å². The Bertz CT molecular complexity index is 711. The number of carboxylic acids is 1. The first-order valence-corrected chi connectivity index (χ1v) is 4.92. The predicted molar refractivity (Wildman–Crippen MR) is 61.1 cm³/mol. The summed E-state index contributed by atoms with van der Waals surface area (Å²) in [6.07, 6.45) is 0. The lowest BCUT2D eigenvalue weighted by Crippen LogP contribution is -2.41. The van der Waals surface area contributed by atoms with Gasteiger partial charge in [-0.3, -0.25) is 19.0 Å². The van der Waals surface area contributed by atoms with Gasteiger partial charge in [-0.2, -0.15) is 0 Å². The molecule has 0 saturated heterocycles. The highest BCUT2D eigenvalue weighted by atomic mass is 16.4. The first kappa shape index (κ1) is 11.1. The van der Waals surface area contributed by atoms with Crippen molar-refractivity contribution in [2.45, 2.75) is 6.54 Å². The maximum atomic E-state index is 11.7. The minimum Gasteiger partial charge on any atom is -0.480 e. The minimum atomic E-state index is -1.16. The lowest BCUT2D eigenvalue weighted by molar-refractivity contribution is -0.137. The number of benzene rings is 1. The molecule has 0 aliphatic heterocycles. The summed E-state index contributed by atoms with van der Waals surface area (Å²) in [5, 5.41) is 8.74. The van der Waals surface area contributed by atoms with Crippen LogP contribution in [0.1, 0.15) is 0 Å². The average molecular weight is 234 g/mol. The molecule has 88 valence electrons. The second-order valence-corrected chi connectivity index (χ2v) is 3.64. The molecule has 0 aliphatic carbocycles. The Hall–Kier alpha value is -2.37. The number of aryl methyl sites for hydroxylation is 1. The van der Waals surface area contributed by atoms with Gasteiger partial charge < -0.3 is 9.67 Å². The molecule has 0 radical (unpaired) electrons. The van der Waals surface area contributed by atoms with Crippen molar-refractivity contribution in [3.8, 4) is 0 Å². The third-order valence-corrected chi connectivity index (χ3v) is 2.56. The van der Waals surface area contributed by atoms with Crippen LogP contribution in [0.25, 0.3) is 11.0 Å². The zero-order valence-electron chi connectivity index (χ0n) is 9.08. The summed E-state index contributed by atoms with van der Waals surface area (Å²) in [6.45, 7) is -0.518. The first-order chi connectivity index (χ1) is 8.02. The van der Waals surface area contributed by atoms with E-state index < -0.39 is 23.6 Å². The Morgan fingerprint density at radius 3 is 2.35 bits per heavy atom. The zero-order chi connectivity index (χ0) is 12.6. The average Bonchev–Trinajstić information content (AvgIpc) is 2.31. The molecule has 0 spiro atoms. The topological polar surface area (TPSA) is 81.3 Å². The molecule has 0 amide bonds. The van der Waals surface area contributed by atoms with Gasteiger partial charge in [-0.15, -0.1) is 0 Å². The van der Waals surface area contributed by atoms with Gasteiger partial charge in [-0.1, -0.05) is 12.1 Å². The fraction of sp³-hybridized carbons (Fsp3) is 0.182. The summed E-state index contributed by atoms with van der Waals surface area (Å²) in [7, 11) is 1.48. The Morgan fingerprint density at radius 2 is 1.76 bits per heavy atom. The molecule has 0 saturated carbocycles. The predicted octanol–water partition coefficient (Wildman–Crippen LogP) is -0.215. The Balaban J connectivity index is 2.95. The summed E-state index contributed by atoms with van der Waals surface area (Å²) < 4.78 is 2.19. The van der Waals surface area contributed by atoms with Crippen molar-refractivity contribution >= 4 is 17.0 Å². The van der Waals surface area contributed by atoms with Gasteiger partial charge in [0.05, 0.1) is 11.0 Å². The monoisotopic (exact) mass is 234 g/mol. The van der Waals surface area contributed by atoms with E-state index in [0.29, 0.717) is 11.0 Å². The summed E-state index contributed by atoms with van der Waals surface area (Å²) in [5.74, 6) is -1.16. The molecule has 2 aromatic rings. The number of aromatic nitrogens is 2. The fourth-order valence-electron chi connectivity index (χ4n) is 1.75. The standard InChI is InChI=1S/C11H10N2O4/c1-12-7-4-2-3-5-8(7)13(6-9(14)15)11(17)10(12)16/h2-5H,6H2,1H3,(H,14,15). The third-order valence-electron chi connectivity index (χ3n) is 2.56. The van der Waals surface area contributed by atoms with E-state index in [4.69, 9.17) is 5.11 Å². The van der Waals surface area contributed by atoms with Gasteiger partial charge in [-0.05, 0) is 12.1 Å². The van der Waals surface area contributed by atoms with Crippen molar-refractivity contribution in [1.29, 1.82) is 0 Å². The van der Waals surface area contributed by atoms with E-state index >= 15 is 0 Å². The van der Waals surface area contributed by atoms with Crippen molar-refractivity contribution in [3.63, 3.8) is 0 Å². The molecule has 0 atom stereocenters. The molecule has 6 nitrogen and oxygen atoms in total. The molecule has 1 aromatic heterocycles. The van der Waals surface area contributed by atoms with E-state index in [9.17, 15) is 14.4 Å². The van der Waals surface area contributed by atoms with Crippen LogP contribution in [-0.2, 0) is 18.4 Å². The molecule has 1 N–H and O–H groups in total. The van der Waals surface area contributed by atoms with Gasteiger partial charge in [0.15, 0.2) is 0 Å². The number of carboxylic acid groups (broad SMARTS) is 1. The van der Waals surface area contributed by atoms with Crippen molar-refractivity contribution < 1.29 is 9.90 Å². The number of nitrogens with zero attached hydrogens (tertiary/aromatic N) is 2. The first-order valence-electron chi connectivity index (χ1n) is 4.92. The van der Waals surface area contributed by atoms with Gasteiger partial charge in [0.1, 0.15) is 6.54 Å². The van der Waals surface area contributed by atoms with Crippen molar-refractivity contribution in [2.75, 3.05) is 0 Å². The highest BCUT2D eigenvalue weighted by Crippen LogP contribution is 2.08. The van der Waals surface area contributed by atoms with E-state index in [-0.39, 0.29) is 0 Å². The molecule has 2 rings (SSSR count). The molecule has 0 unspecified atom stereocenters. The summed E-state index contributed by atoms with van der Waals surface area (Å²) in [5.41, 5.74) is -0.598. The molecule has 1 heterocycles. The highest BCUT2D eigenvalue weighted by Gasteiger charge is 2.12. The summed E-state index contributed by atoms with van der Waals surface area (Å²) >= 11 is 0. The van der Waals surface area contributed by atoms with Crippen LogP contribution < -0.4 is 11.1 Å². The second kappa shape index (κ2) is 3.89. The number of carbonyl (C=O) groups is 1.